The van der Waals surface area contributed by atoms with Crippen molar-refractivity contribution in [1.29, 1.82) is 0 Å². The average Bonchev–Trinajstić information content (AvgIpc) is 3.35. The molecule has 0 N–H and O–H groups in total. The average molecular weight is 962 g/mol. The predicted molar refractivity (Wildman–Crippen MR) is 297 cm³/mol. The Kier molecular flexibility index (Phi) is 54.3. The van der Waals surface area contributed by atoms with Crippen LogP contribution in [-0.4, -0.2) is 37.2 Å². The first-order valence-corrected chi connectivity index (χ1v) is 29.1. The van der Waals surface area contributed by atoms with Gasteiger partial charge in [0.2, 0.25) is 0 Å². The smallest absolute Gasteiger partial charge is 0.306 e. The molecule has 69 heavy (non-hydrogen) atoms. The quantitative estimate of drug-likeness (QED) is 0.0262. The molecule has 0 aliphatic heterocycles. The Morgan fingerprint density at radius 3 is 0.928 bits per heavy atom. The van der Waals surface area contributed by atoms with Crippen LogP contribution in [0.5, 0.6) is 0 Å². The van der Waals surface area contributed by atoms with E-state index in [1.165, 1.54) is 128 Å². The molecule has 0 aliphatic carbocycles. The van der Waals surface area contributed by atoms with Gasteiger partial charge >= 0.3 is 17.9 Å². The fourth-order valence-electron chi connectivity index (χ4n) is 7.99. The predicted octanol–water partition coefficient (Wildman–Crippen LogP) is 19.5. The lowest BCUT2D eigenvalue weighted by molar-refractivity contribution is -0.167. The fourth-order valence-corrected chi connectivity index (χ4v) is 7.99. The number of hydrogen-bond acceptors (Lipinski definition) is 6. The van der Waals surface area contributed by atoms with E-state index in [0.717, 1.165) is 109 Å². The van der Waals surface area contributed by atoms with Crippen molar-refractivity contribution in [3.8, 4) is 0 Å². The third-order valence-electron chi connectivity index (χ3n) is 12.4. The fraction of sp³-hybridized carbons (Fsp3) is 0.730. The lowest BCUT2D eigenvalue weighted by atomic mass is 10.1. The van der Waals surface area contributed by atoms with Crippen molar-refractivity contribution < 1.29 is 28.6 Å². The zero-order valence-electron chi connectivity index (χ0n) is 45.3. The van der Waals surface area contributed by atoms with Crippen LogP contribution >= 0.6 is 0 Å². The Morgan fingerprint density at radius 1 is 0.304 bits per heavy atom. The summed E-state index contributed by atoms with van der Waals surface area (Å²) in [7, 11) is 0. The van der Waals surface area contributed by atoms with Gasteiger partial charge in [0.1, 0.15) is 13.2 Å². The Bertz CT molecular complexity index is 1330. The van der Waals surface area contributed by atoms with Crippen molar-refractivity contribution in [2.75, 3.05) is 13.2 Å². The standard InChI is InChI=1S/C63H108O6/c1-4-7-10-13-16-19-22-25-28-30-31-33-35-38-41-44-47-50-53-56-62(65)68-59-60(58-67-61(64)55-52-49-46-43-40-37-34-27-24-21-18-15-12-9-6-3)69-63(66)57-54-51-48-45-42-39-36-32-29-26-23-20-17-14-11-8-5-2/h8,11,16-17,19-20,25-29,34,36,39,60H,4-7,9-10,12-15,18,21-24,30-33,35,37-38,40-59H2,1-3H3/b11-8-,19-16-,20-17-,28-25-,29-26-,34-27-,39-36-/t60-/m0/s1. The molecular formula is C63H108O6. The number of carbonyl (C=O) groups is 3. The van der Waals surface area contributed by atoms with Crippen molar-refractivity contribution in [3.05, 3.63) is 85.1 Å². The van der Waals surface area contributed by atoms with Gasteiger partial charge in [0.05, 0.1) is 0 Å². The van der Waals surface area contributed by atoms with Gasteiger partial charge in [0.25, 0.3) is 0 Å². The summed E-state index contributed by atoms with van der Waals surface area (Å²) in [5.41, 5.74) is 0. The summed E-state index contributed by atoms with van der Waals surface area (Å²) in [6, 6.07) is 0. The molecule has 6 nitrogen and oxygen atoms in total. The van der Waals surface area contributed by atoms with E-state index in [9.17, 15) is 14.4 Å². The molecule has 396 valence electrons. The summed E-state index contributed by atoms with van der Waals surface area (Å²) in [4.78, 5) is 38.2. The monoisotopic (exact) mass is 961 g/mol. The van der Waals surface area contributed by atoms with Crippen molar-refractivity contribution in [2.24, 2.45) is 0 Å². The molecule has 0 saturated heterocycles. The van der Waals surface area contributed by atoms with Crippen LogP contribution in [0, 0.1) is 0 Å². The zero-order valence-corrected chi connectivity index (χ0v) is 45.3. The first-order valence-electron chi connectivity index (χ1n) is 29.1. The van der Waals surface area contributed by atoms with Gasteiger partial charge in [-0.05, 0) is 116 Å². The normalized spacial score (nSPS) is 12.7. The second-order valence-corrected chi connectivity index (χ2v) is 19.2. The molecule has 0 aromatic heterocycles. The van der Waals surface area contributed by atoms with Gasteiger partial charge in [-0.2, -0.15) is 0 Å². The molecule has 0 saturated carbocycles. The summed E-state index contributed by atoms with van der Waals surface area (Å²) in [6.45, 7) is 6.48. The van der Waals surface area contributed by atoms with Crippen LogP contribution in [0.2, 0.25) is 0 Å². The van der Waals surface area contributed by atoms with Gasteiger partial charge in [-0.1, -0.05) is 228 Å². The third-order valence-corrected chi connectivity index (χ3v) is 12.4. The Balaban J connectivity index is 4.43. The van der Waals surface area contributed by atoms with Crippen LogP contribution in [0.15, 0.2) is 85.1 Å². The molecule has 6 heteroatoms. The molecule has 0 aromatic carbocycles. The summed E-state index contributed by atoms with van der Waals surface area (Å²) < 4.78 is 16.9. The van der Waals surface area contributed by atoms with E-state index >= 15 is 0 Å². The van der Waals surface area contributed by atoms with E-state index in [1.54, 1.807) is 0 Å². The molecule has 0 bridgehead atoms. The van der Waals surface area contributed by atoms with Gasteiger partial charge in [0.15, 0.2) is 6.10 Å². The molecule has 0 aromatic rings. The number of carbonyl (C=O) groups excluding carboxylic acids is 3. The van der Waals surface area contributed by atoms with E-state index in [1.807, 2.05) is 0 Å². The van der Waals surface area contributed by atoms with E-state index in [0.29, 0.717) is 19.3 Å². The van der Waals surface area contributed by atoms with Crippen LogP contribution < -0.4 is 0 Å². The van der Waals surface area contributed by atoms with Gasteiger partial charge < -0.3 is 14.2 Å². The zero-order chi connectivity index (χ0) is 50.0. The number of unbranched alkanes of at least 4 members (excludes halogenated alkanes) is 27. The number of rotatable bonds is 52. The Morgan fingerprint density at radius 2 is 0.565 bits per heavy atom. The summed E-state index contributed by atoms with van der Waals surface area (Å²) in [5.74, 6) is -0.921. The molecule has 0 heterocycles. The Labute approximate surface area is 426 Å². The highest BCUT2D eigenvalue weighted by molar-refractivity contribution is 5.71. The topological polar surface area (TPSA) is 78.9 Å². The highest BCUT2D eigenvalue weighted by Gasteiger charge is 2.19. The van der Waals surface area contributed by atoms with Gasteiger partial charge in [0, 0.05) is 19.3 Å². The number of allylic oxidation sites excluding steroid dienone is 14. The van der Waals surface area contributed by atoms with Crippen LogP contribution in [0.4, 0.5) is 0 Å². The molecular weight excluding hydrogens is 853 g/mol. The first-order chi connectivity index (χ1) is 34.0. The molecule has 1 atom stereocenters. The second-order valence-electron chi connectivity index (χ2n) is 19.2. The lowest BCUT2D eigenvalue weighted by Crippen LogP contribution is -2.30. The minimum absolute atomic E-state index is 0.0912. The van der Waals surface area contributed by atoms with Crippen LogP contribution in [0.1, 0.15) is 278 Å². The molecule has 0 unspecified atom stereocenters. The van der Waals surface area contributed by atoms with Gasteiger partial charge in [-0.15, -0.1) is 0 Å². The molecule has 0 amide bonds. The summed E-state index contributed by atoms with van der Waals surface area (Å²) in [6.07, 6.45) is 74.2. The van der Waals surface area contributed by atoms with E-state index < -0.39 is 6.10 Å². The maximum Gasteiger partial charge on any atom is 0.306 e. The van der Waals surface area contributed by atoms with Crippen LogP contribution in [-0.2, 0) is 28.6 Å². The van der Waals surface area contributed by atoms with Crippen molar-refractivity contribution >= 4 is 17.9 Å². The van der Waals surface area contributed by atoms with Gasteiger partial charge in [-0.25, -0.2) is 0 Å². The van der Waals surface area contributed by atoms with E-state index in [2.05, 4.69) is 106 Å². The Hall–Kier alpha value is -3.41. The van der Waals surface area contributed by atoms with Crippen LogP contribution in [0.3, 0.4) is 0 Å². The second kappa shape index (κ2) is 57.2. The maximum atomic E-state index is 12.9. The number of hydrogen-bond donors (Lipinski definition) is 0. The SMILES string of the molecule is CC/C=C\C/C=C\C/C=C\C/C=C\CCCCCCC(=O)O[C@@H](COC(=O)CCCCCCC/C=C\CCCCCCCC)COC(=O)CCCCCCCCCCC/C=C\C/C=C\CCCCC. The van der Waals surface area contributed by atoms with E-state index in [4.69, 9.17) is 14.2 Å². The minimum Gasteiger partial charge on any atom is -0.462 e. The van der Waals surface area contributed by atoms with Crippen molar-refractivity contribution in [2.45, 2.75) is 284 Å². The van der Waals surface area contributed by atoms with Gasteiger partial charge in [-0.3, -0.25) is 14.4 Å². The molecule has 0 aliphatic rings. The molecule has 0 radical (unpaired) electrons. The summed E-state index contributed by atoms with van der Waals surface area (Å²) >= 11 is 0. The minimum atomic E-state index is -0.795. The lowest BCUT2D eigenvalue weighted by Gasteiger charge is -2.18. The highest BCUT2D eigenvalue weighted by Crippen LogP contribution is 2.15. The largest absolute Gasteiger partial charge is 0.462 e. The first kappa shape index (κ1) is 65.6. The third kappa shape index (κ3) is 55.4. The highest BCUT2D eigenvalue weighted by atomic mass is 16.6. The van der Waals surface area contributed by atoms with E-state index in [-0.39, 0.29) is 31.1 Å². The van der Waals surface area contributed by atoms with Crippen molar-refractivity contribution in [1.82, 2.24) is 0 Å². The molecule has 0 rings (SSSR count). The number of esters is 3. The van der Waals surface area contributed by atoms with Crippen LogP contribution in [0.25, 0.3) is 0 Å². The maximum absolute atomic E-state index is 12.9. The summed E-state index contributed by atoms with van der Waals surface area (Å²) in [5, 5.41) is 0. The number of ether oxygens (including phenoxy) is 3. The van der Waals surface area contributed by atoms with Crippen molar-refractivity contribution in [3.63, 3.8) is 0 Å². The molecule has 0 fully saturated rings. The molecule has 0 spiro atoms.